The minimum atomic E-state index is -0.439. The molecule has 1 unspecified atom stereocenters. The van der Waals surface area contributed by atoms with Crippen molar-refractivity contribution in [1.29, 1.82) is 0 Å². The van der Waals surface area contributed by atoms with Gasteiger partial charge in [-0.3, -0.25) is 4.98 Å². The van der Waals surface area contributed by atoms with E-state index >= 15 is 0 Å². The minimum absolute atomic E-state index is 0.138. The summed E-state index contributed by atoms with van der Waals surface area (Å²) in [6.07, 6.45) is 3.28. The predicted octanol–water partition coefficient (Wildman–Crippen LogP) is 4.97. The van der Waals surface area contributed by atoms with E-state index in [4.69, 9.17) is 9.47 Å². The van der Waals surface area contributed by atoms with Crippen molar-refractivity contribution in [2.24, 2.45) is 0 Å². The summed E-state index contributed by atoms with van der Waals surface area (Å²) in [7, 11) is 1.61. The van der Waals surface area contributed by atoms with Crippen molar-refractivity contribution in [3.63, 3.8) is 0 Å². The number of carbonyl (C=O) groups excluding carboxylic acids is 1. The largest absolute Gasteiger partial charge is 0.458 e. The van der Waals surface area contributed by atoms with E-state index in [9.17, 15) is 4.79 Å². The van der Waals surface area contributed by atoms with E-state index < -0.39 is 5.97 Å². The first-order valence-electron chi connectivity index (χ1n) is 10.0. The molecule has 4 rings (SSSR count). The van der Waals surface area contributed by atoms with Crippen LogP contribution in [0.15, 0.2) is 48.8 Å². The number of aromatic nitrogens is 3. The molecule has 6 nitrogen and oxygen atoms in total. The number of nitrogens with one attached hydrogen (secondary N) is 1. The molecular weight excluding hydrogens is 378 g/mol. The van der Waals surface area contributed by atoms with Crippen molar-refractivity contribution in [2.75, 3.05) is 7.11 Å². The number of nitrogens with zero attached hydrogens (tertiary/aromatic N) is 2. The molecule has 3 heterocycles. The molecule has 0 bridgehead atoms. The monoisotopic (exact) mass is 403 g/mol. The molecule has 0 saturated carbocycles. The van der Waals surface area contributed by atoms with Gasteiger partial charge in [-0.05, 0) is 43.7 Å². The lowest BCUT2D eigenvalue weighted by molar-refractivity contribution is 0.0366. The lowest BCUT2D eigenvalue weighted by Gasteiger charge is -2.13. The normalized spacial score (nSPS) is 12.6. The molecule has 0 aliphatic carbocycles. The van der Waals surface area contributed by atoms with Crippen LogP contribution in [0.4, 0.5) is 0 Å². The lowest BCUT2D eigenvalue weighted by atomic mass is 9.95. The first-order valence-corrected chi connectivity index (χ1v) is 10.0. The van der Waals surface area contributed by atoms with Crippen molar-refractivity contribution in [2.45, 2.75) is 39.4 Å². The van der Waals surface area contributed by atoms with E-state index in [-0.39, 0.29) is 18.6 Å². The van der Waals surface area contributed by atoms with Crippen molar-refractivity contribution in [3.05, 3.63) is 71.3 Å². The van der Waals surface area contributed by atoms with Crippen molar-refractivity contribution in [3.8, 4) is 0 Å². The molecule has 154 valence electrons. The third-order valence-electron chi connectivity index (χ3n) is 5.22. The van der Waals surface area contributed by atoms with Crippen molar-refractivity contribution >= 4 is 27.8 Å². The third-order valence-corrected chi connectivity index (χ3v) is 5.22. The van der Waals surface area contributed by atoms with Gasteiger partial charge in [0.05, 0.1) is 24.4 Å². The Morgan fingerprint density at radius 2 is 1.93 bits per heavy atom. The highest BCUT2D eigenvalue weighted by molar-refractivity contribution is 6.11. The summed E-state index contributed by atoms with van der Waals surface area (Å²) < 4.78 is 10.8. The molecule has 1 N–H and O–H groups in total. The van der Waals surface area contributed by atoms with Crippen molar-refractivity contribution < 1.29 is 14.3 Å². The molecule has 4 aromatic rings. The number of rotatable bonds is 6. The van der Waals surface area contributed by atoms with E-state index in [1.807, 2.05) is 38.2 Å². The molecule has 30 heavy (non-hydrogen) atoms. The molecule has 0 aliphatic heterocycles. The Kier molecular flexibility index (Phi) is 5.50. The molecule has 1 atom stereocenters. The lowest BCUT2D eigenvalue weighted by Crippen LogP contribution is -2.15. The van der Waals surface area contributed by atoms with Crippen LogP contribution in [0.25, 0.3) is 21.8 Å². The number of H-pyrrole nitrogens is 1. The molecule has 0 spiro atoms. The van der Waals surface area contributed by atoms with Gasteiger partial charge < -0.3 is 14.5 Å². The summed E-state index contributed by atoms with van der Waals surface area (Å²) in [6.45, 7) is 6.05. The number of methoxy groups -OCH3 is 1. The molecule has 3 aromatic heterocycles. The van der Waals surface area contributed by atoms with Crippen LogP contribution in [0.1, 0.15) is 54.0 Å². The second-order valence-electron chi connectivity index (χ2n) is 7.67. The van der Waals surface area contributed by atoms with Gasteiger partial charge in [0.1, 0.15) is 0 Å². The number of hydrogen-bond acceptors (Lipinski definition) is 5. The minimum Gasteiger partial charge on any atom is -0.458 e. The Morgan fingerprint density at radius 1 is 1.10 bits per heavy atom. The fraction of sp³-hybridized carbons (Fsp3) is 0.292. The molecule has 1 aromatic carbocycles. The van der Waals surface area contributed by atoms with Crippen LogP contribution >= 0.6 is 0 Å². The molecule has 0 amide bonds. The standard InChI is InChI=1S/C24H25N3O3/c1-14(2)30-24(28)23-18(13-29-4)22-17-11-16(15(3)19-7-5-6-10-25-19)8-9-20(17)27-21(22)12-26-23/h5-12,14-15,27H,13H2,1-4H3. The van der Waals surface area contributed by atoms with Gasteiger partial charge in [-0.15, -0.1) is 0 Å². The fourth-order valence-corrected chi connectivity index (χ4v) is 3.78. The number of ether oxygens (including phenoxy) is 2. The molecule has 6 heteroatoms. The highest BCUT2D eigenvalue weighted by Gasteiger charge is 2.22. The van der Waals surface area contributed by atoms with E-state index in [0.717, 1.165) is 38.6 Å². The highest BCUT2D eigenvalue weighted by Crippen LogP contribution is 2.33. The van der Waals surface area contributed by atoms with Crippen LogP contribution in [0.5, 0.6) is 0 Å². The SMILES string of the molecule is COCc1c(C(=O)OC(C)C)ncc2[nH]c3ccc(C(C)c4ccccn4)cc3c12. The van der Waals surface area contributed by atoms with Gasteiger partial charge in [-0.2, -0.15) is 0 Å². The van der Waals surface area contributed by atoms with Gasteiger partial charge in [0.15, 0.2) is 5.69 Å². The average Bonchev–Trinajstić information content (AvgIpc) is 3.12. The third kappa shape index (κ3) is 3.66. The van der Waals surface area contributed by atoms with Gasteiger partial charge in [0, 0.05) is 46.8 Å². The maximum atomic E-state index is 12.7. The Balaban J connectivity index is 1.90. The van der Waals surface area contributed by atoms with Crippen LogP contribution < -0.4 is 0 Å². The van der Waals surface area contributed by atoms with Crippen LogP contribution in [0.3, 0.4) is 0 Å². The van der Waals surface area contributed by atoms with Crippen LogP contribution in [0, 0.1) is 0 Å². The van der Waals surface area contributed by atoms with E-state index in [1.54, 1.807) is 13.3 Å². The summed E-state index contributed by atoms with van der Waals surface area (Å²) in [5.74, 6) is -0.301. The highest BCUT2D eigenvalue weighted by atomic mass is 16.5. The number of fused-ring (bicyclic) bond motifs is 3. The fourth-order valence-electron chi connectivity index (χ4n) is 3.78. The van der Waals surface area contributed by atoms with E-state index in [2.05, 4.69) is 40.1 Å². The zero-order chi connectivity index (χ0) is 21.3. The Bertz CT molecular complexity index is 1200. The van der Waals surface area contributed by atoms with Gasteiger partial charge in [0.25, 0.3) is 0 Å². The first-order chi connectivity index (χ1) is 14.5. The van der Waals surface area contributed by atoms with Gasteiger partial charge in [0.2, 0.25) is 0 Å². The van der Waals surface area contributed by atoms with Gasteiger partial charge in [-0.25, -0.2) is 9.78 Å². The summed E-state index contributed by atoms with van der Waals surface area (Å²) in [6, 6.07) is 12.3. The molecule has 0 fully saturated rings. The van der Waals surface area contributed by atoms with E-state index in [1.165, 1.54) is 0 Å². The molecule has 0 radical (unpaired) electrons. The zero-order valence-electron chi connectivity index (χ0n) is 17.6. The summed E-state index contributed by atoms with van der Waals surface area (Å²) in [4.78, 5) is 24.9. The van der Waals surface area contributed by atoms with Gasteiger partial charge in [-0.1, -0.05) is 19.1 Å². The number of esters is 1. The zero-order valence-corrected chi connectivity index (χ0v) is 17.6. The average molecular weight is 403 g/mol. The summed E-state index contributed by atoms with van der Waals surface area (Å²) in [5.41, 5.74) is 5.03. The quantitative estimate of drug-likeness (QED) is 0.460. The summed E-state index contributed by atoms with van der Waals surface area (Å²) >= 11 is 0. The number of benzene rings is 1. The van der Waals surface area contributed by atoms with Crippen LogP contribution in [0.2, 0.25) is 0 Å². The smallest absolute Gasteiger partial charge is 0.357 e. The second-order valence-corrected chi connectivity index (χ2v) is 7.67. The molecule has 0 aliphatic rings. The number of aromatic amines is 1. The molecular formula is C24H25N3O3. The summed E-state index contributed by atoms with van der Waals surface area (Å²) in [5, 5.41) is 1.96. The number of pyridine rings is 2. The van der Waals surface area contributed by atoms with Crippen molar-refractivity contribution in [1.82, 2.24) is 15.0 Å². The first kappa shape index (κ1) is 20.0. The Morgan fingerprint density at radius 3 is 2.63 bits per heavy atom. The molecule has 0 saturated heterocycles. The second kappa shape index (κ2) is 8.24. The number of hydrogen-bond donors (Lipinski definition) is 1. The Labute approximate surface area is 175 Å². The van der Waals surface area contributed by atoms with Crippen LogP contribution in [-0.2, 0) is 16.1 Å². The maximum Gasteiger partial charge on any atom is 0.357 e. The van der Waals surface area contributed by atoms with E-state index in [0.29, 0.717) is 5.69 Å². The maximum absolute atomic E-state index is 12.7. The number of carbonyl (C=O) groups is 1. The predicted molar refractivity (Wildman–Crippen MR) is 117 cm³/mol. The topological polar surface area (TPSA) is 77.1 Å². The van der Waals surface area contributed by atoms with Gasteiger partial charge >= 0.3 is 5.97 Å². The Hall–Kier alpha value is -3.25. The van der Waals surface area contributed by atoms with Crippen LogP contribution in [-0.4, -0.2) is 34.1 Å².